The second-order valence-electron chi connectivity index (χ2n) is 5.50. The maximum absolute atomic E-state index is 12.6. The number of rotatable bonds is 3. The van der Waals surface area contributed by atoms with Crippen molar-refractivity contribution < 1.29 is 9.36 Å². The quantitative estimate of drug-likeness (QED) is 0.329. The molecule has 4 rings (SSSR count). The van der Waals surface area contributed by atoms with E-state index in [-0.39, 0.29) is 5.78 Å². The predicted octanol–water partition coefficient (Wildman–Crippen LogP) is 3.56. The molecule has 0 aliphatic rings. The smallest absolute Gasteiger partial charge is 0.239 e. The Balaban J connectivity index is 1.87. The Hall–Kier alpha value is -3.07. The van der Waals surface area contributed by atoms with Gasteiger partial charge in [-0.3, -0.25) is 4.79 Å². The summed E-state index contributed by atoms with van der Waals surface area (Å²) < 4.78 is 1.99. The summed E-state index contributed by atoms with van der Waals surface area (Å²) in [5.74, 6) is 0.0936. The Kier molecular flexibility index (Phi) is 3.31. The average Bonchev–Trinajstić information content (AvgIpc) is 2.62. The van der Waals surface area contributed by atoms with Crippen molar-refractivity contribution in [1.82, 2.24) is 4.98 Å². The van der Waals surface area contributed by atoms with E-state index in [0.29, 0.717) is 6.54 Å². The molecule has 3 heteroatoms. The molecule has 3 nitrogen and oxygen atoms in total. The summed E-state index contributed by atoms with van der Waals surface area (Å²) in [6.07, 6.45) is 3.73. The lowest BCUT2D eigenvalue weighted by molar-refractivity contribution is -0.656. The molecule has 0 N–H and O–H groups in total. The van der Waals surface area contributed by atoms with Crippen LogP contribution in [0.15, 0.2) is 79.1 Å². The van der Waals surface area contributed by atoms with Crippen LogP contribution in [0, 0.1) is 0 Å². The summed E-state index contributed by atoms with van der Waals surface area (Å²) in [5.41, 5.74) is 2.64. The van der Waals surface area contributed by atoms with Crippen molar-refractivity contribution in [2.75, 3.05) is 0 Å². The van der Waals surface area contributed by atoms with E-state index in [1.54, 1.807) is 6.20 Å². The lowest BCUT2D eigenvalue weighted by Crippen LogP contribution is -2.38. The molecule has 110 valence electrons. The zero-order chi connectivity index (χ0) is 15.6. The standard InChI is InChI=1S/C20H15N2O/c23-18(15-6-2-1-3-7-15)14-22-13-5-9-17-11-10-16-8-4-12-21-19(16)20(17)22/h1-13H,14H2/q+1. The molecular formula is C20H15N2O+. The fourth-order valence-electron chi connectivity index (χ4n) is 2.91. The van der Waals surface area contributed by atoms with Crippen molar-refractivity contribution >= 4 is 27.6 Å². The summed E-state index contributed by atoms with van der Waals surface area (Å²) in [7, 11) is 0. The molecule has 0 saturated heterocycles. The van der Waals surface area contributed by atoms with E-state index in [1.807, 2.05) is 65.4 Å². The molecule has 2 heterocycles. The third-order valence-electron chi connectivity index (χ3n) is 4.02. The third kappa shape index (κ3) is 2.46. The minimum absolute atomic E-state index is 0.0936. The van der Waals surface area contributed by atoms with Crippen LogP contribution in [-0.4, -0.2) is 10.8 Å². The maximum Gasteiger partial charge on any atom is 0.239 e. The maximum atomic E-state index is 12.6. The van der Waals surface area contributed by atoms with Gasteiger partial charge in [-0.25, -0.2) is 4.98 Å². The zero-order valence-corrected chi connectivity index (χ0v) is 12.5. The van der Waals surface area contributed by atoms with Crippen LogP contribution in [0.4, 0.5) is 0 Å². The summed E-state index contributed by atoms with van der Waals surface area (Å²) in [6, 6.07) is 21.5. The number of ketones is 1. The summed E-state index contributed by atoms with van der Waals surface area (Å²) in [5, 5.41) is 2.16. The van der Waals surface area contributed by atoms with Crippen molar-refractivity contribution in [3.63, 3.8) is 0 Å². The number of fused-ring (bicyclic) bond motifs is 3. The average molecular weight is 299 g/mol. The number of carbonyl (C=O) groups excluding carboxylic acids is 1. The number of Topliss-reactive ketones (excluding diaryl/α,β-unsaturated/α-hetero) is 1. The number of aromatic nitrogens is 2. The van der Waals surface area contributed by atoms with Crippen LogP contribution < -0.4 is 4.57 Å². The highest BCUT2D eigenvalue weighted by atomic mass is 16.1. The number of pyridine rings is 2. The van der Waals surface area contributed by atoms with Gasteiger partial charge in [-0.1, -0.05) is 42.5 Å². The monoisotopic (exact) mass is 299 g/mol. The van der Waals surface area contributed by atoms with Gasteiger partial charge in [-0.2, -0.15) is 4.57 Å². The Morgan fingerprint density at radius 3 is 2.52 bits per heavy atom. The largest absolute Gasteiger partial charge is 0.287 e. The lowest BCUT2D eigenvalue weighted by Gasteiger charge is -2.04. The molecule has 2 aromatic heterocycles. The number of nitrogens with zero attached hydrogens (tertiary/aromatic N) is 2. The van der Waals surface area contributed by atoms with Crippen molar-refractivity contribution in [3.8, 4) is 0 Å². The number of hydrogen-bond acceptors (Lipinski definition) is 2. The van der Waals surface area contributed by atoms with Gasteiger partial charge < -0.3 is 0 Å². The van der Waals surface area contributed by atoms with Crippen molar-refractivity contribution in [3.05, 3.63) is 84.7 Å². The van der Waals surface area contributed by atoms with E-state index in [4.69, 9.17) is 0 Å². The first kappa shape index (κ1) is 13.6. The highest BCUT2D eigenvalue weighted by molar-refractivity contribution is 6.01. The molecule has 0 spiro atoms. The molecule has 0 aliphatic carbocycles. The van der Waals surface area contributed by atoms with E-state index in [1.165, 1.54) is 0 Å². The van der Waals surface area contributed by atoms with Gasteiger partial charge in [0.25, 0.3) is 0 Å². The molecule has 0 fully saturated rings. The Morgan fingerprint density at radius 2 is 1.65 bits per heavy atom. The molecule has 0 saturated carbocycles. The second-order valence-corrected chi connectivity index (χ2v) is 5.50. The van der Waals surface area contributed by atoms with E-state index in [2.05, 4.69) is 17.1 Å². The Bertz CT molecular complexity index is 1010. The summed E-state index contributed by atoms with van der Waals surface area (Å²) in [4.78, 5) is 17.1. The van der Waals surface area contributed by atoms with Gasteiger partial charge in [0.05, 0.1) is 0 Å². The third-order valence-corrected chi connectivity index (χ3v) is 4.02. The molecule has 2 aromatic carbocycles. The Labute approximate surface area is 133 Å². The fraction of sp³-hybridized carbons (Fsp3) is 0.0500. The molecule has 23 heavy (non-hydrogen) atoms. The number of carbonyl (C=O) groups is 1. The molecule has 4 aromatic rings. The van der Waals surface area contributed by atoms with Crippen molar-refractivity contribution in [2.45, 2.75) is 6.54 Å². The van der Waals surface area contributed by atoms with Crippen LogP contribution in [0.2, 0.25) is 0 Å². The summed E-state index contributed by atoms with van der Waals surface area (Å²) >= 11 is 0. The molecular weight excluding hydrogens is 284 g/mol. The first-order chi connectivity index (χ1) is 11.3. The van der Waals surface area contributed by atoms with E-state index in [0.717, 1.165) is 27.4 Å². The molecule has 0 amide bonds. The first-order valence-electron chi connectivity index (χ1n) is 7.57. The van der Waals surface area contributed by atoms with Crippen LogP contribution >= 0.6 is 0 Å². The van der Waals surface area contributed by atoms with Crippen LogP contribution in [0.5, 0.6) is 0 Å². The van der Waals surface area contributed by atoms with Gasteiger partial charge in [0.15, 0.2) is 6.20 Å². The van der Waals surface area contributed by atoms with Crippen LogP contribution in [-0.2, 0) is 6.54 Å². The highest BCUT2D eigenvalue weighted by Crippen LogP contribution is 2.20. The van der Waals surface area contributed by atoms with E-state index >= 15 is 0 Å². The molecule has 0 bridgehead atoms. The lowest BCUT2D eigenvalue weighted by atomic mass is 10.1. The van der Waals surface area contributed by atoms with Crippen LogP contribution in [0.1, 0.15) is 10.4 Å². The molecule has 0 aliphatic heterocycles. The molecule has 0 unspecified atom stereocenters. The van der Waals surface area contributed by atoms with Gasteiger partial charge in [0.1, 0.15) is 5.52 Å². The highest BCUT2D eigenvalue weighted by Gasteiger charge is 2.17. The SMILES string of the molecule is O=C(C[n+]1cccc2ccc3cccnc3c21)c1ccccc1. The minimum Gasteiger partial charge on any atom is -0.287 e. The van der Waals surface area contributed by atoms with Crippen molar-refractivity contribution in [2.24, 2.45) is 0 Å². The molecule has 0 atom stereocenters. The first-order valence-corrected chi connectivity index (χ1v) is 7.57. The van der Waals surface area contributed by atoms with E-state index in [9.17, 15) is 4.79 Å². The Morgan fingerprint density at radius 1 is 0.870 bits per heavy atom. The van der Waals surface area contributed by atoms with Gasteiger partial charge in [0.2, 0.25) is 17.8 Å². The normalized spacial score (nSPS) is 11.0. The van der Waals surface area contributed by atoms with Gasteiger partial charge in [-0.05, 0) is 18.2 Å². The van der Waals surface area contributed by atoms with Crippen LogP contribution in [0.3, 0.4) is 0 Å². The fourth-order valence-corrected chi connectivity index (χ4v) is 2.91. The van der Waals surface area contributed by atoms with Gasteiger partial charge in [-0.15, -0.1) is 0 Å². The topological polar surface area (TPSA) is 33.8 Å². The van der Waals surface area contributed by atoms with Crippen LogP contribution in [0.25, 0.3) is 21.8 Å². The predicted molar refractivity (Wildman–Crippen MR) is 90.2 cm³/mol. The van der Waals surface area contributed by atoms with Gasteiger partial charge >= 0.3 is 0 Å². The number of hydrogen-bond donors (Lipinski definition) is 0. The minimum atomic E-state index is 0.0936. The van der Waals surface area contributed by atoms with Gasteiger partial charge in [0, 0.05) is 28.6 Å². The van der Waals surface area contributed by atoms with E-state index < -0.39 is 0 Å². The van der Waals surface area contributed by atoms with Crippen molar-refractivity contribution in [1.29, 1.82) is 0 Å². The zero-order valence-electron chi connectivity index (χ0n) is 12.5. The number of benzene rings is 2. The molecule has 0 radical (unpaired) electrons. The second kappa shape index (κ2) is 5.61. The summed E-state index contributed by atoms with van der Waals surface area (Å²) in [6.45, 7) is 0.303.